The van der Waals surface area contributed by atoms with Crippen LogP contribution in [0.2, 0.25) is 0 Å². The number of halogens is 3. The van der Waals surface area contributed by atoms with Crippen molar-refractivity contribution in [3.05, 3.63) is 35.4 Å². The first-order valence-electron chi connectivity index (χ1n) is 6.79. The number of alkyl halides is 3. The summed E-state index contributed by atoms with van der Waals surface area (Å²) >= 11 is 0. The van der Waals surface area contributed by atoms with E-state index >= 15 is 0 Å². The van der Waals surface area contributed by atoms with Crippen LogP contribution in [0.15, 0.2) is 24.3 Å². The zero-order valence-electron chi connectivity index (χ0n) is 11.4. The van der Waals surface area contributed by atoms with Gasteiger partial charge in [0.25, 0.3) is 0 Å². The Morgan fingerprint density at radius 2 is 2.10 bits per heavy atom. The monoisotopic (exact) mass is 285 g/mol. The average molecular weight is 285 g/mol. The van der Waals surface area contributed by atoms with Gasteiger partial charge in [0.15, 0.2) is 0 Å². The van der Waals surface area contributed by atoms with Crippen LogP contribution in [0, 0.1) is 6.92 Å². The third-order valence-electron chi connectivity index (χ3n) is 3.64. The van der Waals surface area contributed by atoms with Crippen LogP contribution < -0.4 is 0 Å². The lowest BCUT2D eigenvalue weighted by molar-refractivity contribution is -0.195. The highest BCUT2D eigenvalue weighted by Crippen LogP contribution is 2.32. The van der Waals surface area contributed by atoms with E-state index in [4.69, 9.17) is 0 Å². The summed E-state index contributed by atoms with van der Waals surface area (Å²) in [6, 6.07) is 5.71. The van der Waals surface area contributed by atoms with E-state index in [9.17, 15) is 18.0 Å². The predicted molar refractivity (Wildman–Crippen MR) is 70.3 cm³/mol. The molecule has 1 aromatic rings. The smallest absolute Gasteiger partial charge is 0.330 e. The fraction of sp³-hybridized carbons (Fsp3) is 0.533. The fourth-order valence-electron chi connectivity index (χ4n) is 2.67. The molecule has 1 heterocycles. The molecule has 1 aromatic carbocycles. The summed E-state index contributed by atoms with van der Waals surface area (Å²) in [7, 11) is 0. The van der Waals surface area contributed by atoms with Crippen molar-refractivity contribution < 1.29 is 18.0 Å². The summed E-state index contributed by atoms with van der Waals surface area (Å²) in [5.41, 5.74) is 1.77. The van der Waals surface area contributed by atoms with Gasteiger partial charge in [0, 0.05) is 6.54 Å². The van der Waals surface area contributed by atoms with Gasteiger partial charge in [-0.2, -0.15) is 13.2 Å². The second-order valence-corrected chi connectivity index (χ2v) is 5.31. The largest absolute Gasteiger partial charge is 0.408 e. The van der Waals surface area contributed by atoms with Crippen LogP contribution in [-0.4, -0.2) is 29.6 Å². The van der Waals surface area contributed by atoms with Crippen LogP contribution >= 0.6 is 0 Å². The standard InChI is InChI=1S/C15H18F3NO/c1-11-5-4-6-12(9-11)10-14(20)19-8-3-2-7-13(19)15(16,17)18/h4-6,9,13H,2-3,7-8,10H2,1H3. The number of rotatable bonds is 2. The van der Waals surface area contributed by atoms with Crippen LogP contribution in [0.4, 0.5) is 13.2 Å². The van der Waals surface area contributed by atoms with Gasteiger partial charge in [-0.1, -0.05) is 29.8 Å². The number of aryl methyl sites for hydroxylation is 1. The van der Waals surface area contributed by atoms with E-state index in [0.717, 1.165) is 16.0 Å². The van der Waals surface area contributed by atoms with Gasteiger partial charge in [-0.3, -0.25) is 4.79 Å². The van der Waals surface area contributed by atoms with E-state index < -0.39 is 18.1 Å². The number of carbonyl (C=O) groups excluding carboxylic acids is 1. The Labute approximate surface area is 116 Å². The van der Waals surface area contributed by atoms with Gasteiger partial charge in [0.05, 0.1) is 6.42 Å². The number of likely N-dealkylation sites (tertiary alicyclic amines) is 1. The molecule has 1 atom stereocenters. The zero-order valence-corrected chi connectivity index (χ0v) is 11.4. The van der Waals surface area contributed by atoms with Gasteiger partial charge in [0.1, 0.15) is 6.04 Å². The van der Waals surface area contributed by atoms with Crippen molar-refractivity contribution in [3.63, 3.8) is 0 Å². The van der Waals surface area contributed by atoms with Gasteiger partial charge in [-0.25, -0.2) is 0 Å². The minimum atomic E-state index is -4.33. The van der Waals surface area contributed by atoms with Gasteiger partial charge in [0.2, 0.25) is 5.91 Å². The molecular weight excluding hydrogens is 267 g/mol. The first-order valence-corrected chi connectivity index (χ1v) is 6.79. The number of piperidine rings is 1. The number of nitrogens with zero attached hydrogens (tertiary/aromatic N) is 1. The summed E-state index contributed by atoms with van der Waals surface area (Å²) in [5, 5.41) is 0. The van der Waals surface area contributed by atoms with Crippen molar-refractivity contribution in [2.75, 3.05) is 6.54 Å². The molecule has 0 N–H and O–H groups in total. The maximum absolute atomic E-state index is 13.0. The Morgan fingerprint density at radius 3 is 2.75 bits per heavy atom. The molecule has 20 heavy (non-hydrogen) atoms. The minimum absolute atomic E-state index is 0.0169. The predicted octanol–water partition coefficient (Wildman–Crippen LogP) is 3.48. The van der Waals surface area contributed by atoms with Crippen molar-refractivity contribution in [1.82, 2.24) is 4.90 Å². The van der Waals surface area contributed by atoms with E-state index in [0.29, 0.717) is 12.8 Å². The van der Waals surface area contributed by atoms with Gasteiger partial charge in [-0.05, 0) is 31.7 Å². The molecule has 1 aliphatic heterocycles. The van der Waals surface area contributed by atoms with Crippen molar-refractivity contribution >= 4 is 5.91 Å². The molecule has 0 radical (unpaired) electrons. The lowest BCUT2D eigenvalue weighted by atomic mass is 10.00. The van der Waals surface area contributed by atoms with Crippen LogP contribution in [0.25, 0.3) is 0 Å². The first-order chi connectivity index (χ1) is 9.38. The molecule has 1 fully saturated rings. The number of hydrogen-bond donors (Lipinski definition) is 0. The third-order valence-corrected chi connectivity index (χ3v) is 3.64. The Morgan fingerprint density at radius 1 is 1.35 bits per heavy atom. The van der Waals surface area contributed by atoms with Crippen LogP contribution in [0.3, 0.4) is 0 Å². The molecule has 5 heteroatoms. The van der Waals surface area contributed by atoms with Crippen molar-refractivity contribution in [3.8, 4) is 0 Å². The van der Waals surface area contributed by atoms with E-state index in [-0.39, 0.29) is 19.4 Å². The summed E-state index contributed by atoms with van der Waals surface area (Å²) in [5.74, 6) is -0.433. The molecule has 0 bridgehead atoms. The zero-order chi connectivity index (χ0) is 14.8. The number of amides is 1. The molecule has 2 nitrogen and oxygen atoms in total. The molecule has 1 saturated heterocycles. The maximum Gasteiger partial charge on any atom is 0.408 e. The SMILES string of the molecule is Cc1cccc(CC(=O)N2CCCCC2C(F)(F)F)c1. The quantitative estimate of drug-likeness (QED) is 0.814. The summed E-state index contributed by atoms with van der Waals surface area (Å²) in [6.45, 7) is 2.10. The second-order valence-electron chi connectivity index (χ2n) is 5.31. The highest BCUT2D eigenvalue weighted by molar-refractivity contribution is 5.79. The molecular formula is C15H18F3NO. The van der Waals surface area contributed by atoms with Crippen LogP contribution in [-0.2, 0) is 11.2 Å². The molecule has 0 aliphatic carbocycles. The molecule has 1 unspecified atom stereocenters. The number of benzene rings is 1. The van der Waals surface area contributed by atoms with E-state index in [1.165, 1.54) is 0 Å². The highest BCUT2D eigenvalue weighted by Gasteiger charge is 2.45. The molecule has 110 valence electrons. The van der Waals surface area contributed by atoms with E-state index in [2.05, 4.69) is 0 Å². The Kier molecular flexibility index (Phi) is 4.35. The lowest BCUT2D eigenvalue weighted by Crippen LogP contribution is -2.51. The first kappa shape index (κ1) is 14.9. The number of carbonyl (C=O) groups is 1. The molecule has 1 aliphatic rings. The van der Waals surface area contributed by atoms with Gasteiger partial charge >= 0.3 is 6.18 Å². The molecule has 0 saturated carbocycles. The second kappa shape index (κ2) is 5.85. The van der Waals surface area contributed by atoms with Crippen molar-refractivity contribution in [2.45, 2.75) is 44.8 Å². The Balaban J connectivity index is 2.10. The van der Waals surface area contributed by atoms with Crippen molar-refractivity contribution in [2.24, 2.45) is 0 Å². The molecule has 2 rings (SSSR count). The topological polar surface area (TPSA) is 20.3 Å². The Hall–Kier alpha value is -1.52. The maximum atomic E-state index is 13.0. The fourth-order valence-corrected chi connectivity index (χ4v) is 2.67. The molecule has 0 spiro atoms. The summed E-state index contributed by atoms with van der Waals surface area (Å²) in [4.78, 5) is 13.2. The average Bonchev–Trinajstić information content (AvgIpc) is 2.37. The minimum Gasteiger partial charge on any atom is -0.330 e. The Bertz CT molecular complexity index is 484. The van der Waals surface area contributed by atoms with Gasteiger partial charge in [-0.15, -0.1) is 0 Å². The van der Waals surface area contributed by atoms with Gasteiger partial charge < -0.3 is 4.90 Å². The normalized spacial score (nSPS) is 20.0. The molecule has 0 aromatic heterocycles. The summed E-state index contributed by atoms with van der Waals surface area (Å²) < 4.78 is 38.9. The lowest BCUT2D eigenvalue weighted by Gasteiger charge is -2.36. The third kappa shape index (κ3) is 3.52. The van der Waals surface area contributed by atoms with Crippen molar-refractivity contribution in [1.29, 1.82) is 0 Å². The van der Waals surface area contributed by atoms with Crippen LogP contribution in [0.1, 0.15) is 30.4 Å². The molecule has 1 amide bonds. The van der Waals surface area contributed by atoms with Crippen LogP contribution in [0.5, 0.6) is 0 Å². The van der Waals surface area contributed by atoms with E-state index in [1.807, 2.05) is 25.1 Å². The summed E-state index contributed by atoms with van der Waals surface area (Å²) in [6.07, 6.45) is -3.11. The van der Waals surface area contributed by atoms with E-state index in [1.54, 1.807) is 6.07 Å². The number of hydrogen-bond acceptors (Lipinski definition) is 1. The highest BCUT2D eigenvalue weighted by atomic mass is 19.4.